The van der Waals surface area contributed by atoms with Crippen molar-refractivity contribution < 1.29 is 8.78 Å². The summed E-state index contributed by atoms with van der Waals surface area (Å²) in [5, 5.41) is 0. The van der Waals surface area contributed by atoms with Crippen LogP contribution in [0.25, 0.3) is 0 Å². The van der Waals surface area contributed by atoms with Gasteiger partial charge in [0.05, 0.1) is 0 Å². The van der Waals surface area contributed by atoms with Crippen molar-refractivity contribution in [3.05, 3.63) is 29.8 Å². The molecule has 0 aliphatic carbocycles. The van der Waals surface area contributed by atoms with Gasteiger partial charge in [0.25, 0.3) is 0 Å². The van der Waals surface area contributed by atoms with Gasteiger partial charge in [-0.2, -0.15) is 0 Å². The molecule has 1 nitrogen and oxygen atoms in total. The third kappa shape index (κ3) is 3.30. The van der Waals surface area contributed by atoms with E-state index < -0.39 is 11.6 Å². The third-order valence-corrected chi connectivity index (χ3v) is 2.68. The van der Waals surface area contributed by atoms with E-state index in [0.29, 0.717) is 19.5 Å². The van der Waals surface area contributed by atoms with Gasteiger partial charge < -0.3 is 4.81 Å². The minimum atomic E-state index is -0.788. The fourth-order valence-corrected chi connectivity index (χ4v) is 1.81. The normalized spacial score (nSPS) is 11.6. The van der Waals surface area contributed by atoms with Crippen molar-refractivity contribution in [2.75, 3.05) is 0 Å². The molecular weight excluding hydrogens is 207 g/mol. The second-order valence-electron chi connectivity index (χ2n) is 4.61. The molecule has 1 aromatic rings. The predicted molar refractivity (Wildman–Crippen MR) is 65.3 cm³/mol. The van der Waals surface area contributed by atoms with Crippen LogP contribution in [0.2, 0.25) is 0 Å². The number of benzene rings is 1. The summed E-state index contributed by atoms with van der Waals surface area (Å²) in [6, 6.07) is 4.86. The van der Waals surface area contributed by atoms with Crippen LogP contribution < -0.4 is 5.46 Å². The monoisotopic (exact) mass is 225 g/mol. The third-order valence-electron chi connectivity index (χ3n) is 2.68. The Bertz CT molecular complexity index is 345. The Balaban J connectivity index is 2.81. The fraction of sp³-hybridized carbons (Fsp3) is 0.500. The van der Waals surface area contributed by atoms with Crippen LogP contribution in [0.15, 0.2) is 18.2 Å². The lowest BCUT2D eigenvalue weighted by molar-refractivity contribution is 0.315. The number of rotatable bonds is 4. The SMILES string of the molecule is CC(C)N(Bc1ccc(F)c(F)c1)C(C)C. The molecule has 0 saturated heterocycles. The lowest BCUT2D eigenvalue weighted by atomic mass is 9.78. The van der Waals surface area contributed by atoms with Gasteiger partial charge in [0, 0.05) is 0 Å². The Labute approximate surface area is 96.7 Å². The maximum absolute atomic E-state index is 13.0. The van der Waals surface area contributed by atoms with Gasteiger partial charge in [-0.1, -0.05) is 39.2 Å². The molecule has 1 rings (SSSR count). The molecule has 0 N–H and O–H groups in total. The molecule has 0 unspecified atom stereocenters. The summed E-state index contributed by atoms with van der Waals surface area (Å²) in [5.74, 6) is -1.56. The summed E-state index contributed by atoms with van der Waals surface area (Å²) in [6.45, 7) is 8.39. The average Bonchev–Trinajstić information content (AvgIpc) is 2.18. The van der Waals surface area contributed by atoms with Crippen molar-refractivity contribution >= 4 is 12.9 Å². The zero-order valence-corrected chi connectivity index (χ0v) is 10.3. The molecule has 88 valence electrons. The van der Waals surface area contributed by atoms with Gasteiger partial charge in [0.15, 0.2) is 11.6 Å². The summed E-state index contributed by atoms with van der Waals surface area (Å²) >= 11 is 0. The largest absolute Gasteiger partial charge is 0.337 e. The average molecular weight is 225 g/mol. The van der Waals surface area contributed by atoms with Crippen molar-refractivity contribution in [1.29, 1.82) is 0 Å². The Morgan fingerprint density at radius 1 is 1.00 bits per heavy atom. The molecule has 1 aromatic carbocycles. The highest BCUT2D eigenvalue weighted by molar-refractivity contribution is 6.50. The summed E-state index contributed by atoms with van der Waals surface area (Å²) in [5.41, 5.74) is 0.807. The van der Waals surface area contributed by atoms with Crippen LogP contribution in [0.1, 0.15) is 27.7 Å². The van der Waals surface area contributed by atoms with Gasteiger partial charge >= 0.3 is 0 Å². The molecule has 0 radical (unpaired) electrons. The van der Waals surface area contributed by atoms with Gasteiger partial charge in [0.1, 0.15) is 0 Å². The molecule has 0 heterocycles. The fourth-order valence-electron chi connectivity index (χ4n) is 1.81. The van der Waals surface area contributed by atoms with Gasteiger partial charge in [-0.15, -0.1) is 0 Å². The molecule has 0 atom stereocenters. The number of hydrogen-bond donors (Lipinski definition) is 0. The number of nitrogens with zero attached hydrogens (tertiary/aromatic N) is 1. The van der Waals surface area contributed by atoms with E-state index in [-0.39, 0.29) is 0 Å². The van der Waals surface area contributed by atoms with Gasteiger partial charge in [-0.05, 0) is 24.2 Å². The van der Waals surface area contributed by atoms with E-state index in [9.17, 15) is 8.78 Å². The Kier molecular flexibility index (Phi) is 4.48. The Morgan fingerprint density at radius 3 is 2.00 bits per heavy atom. The minimum Gasteiger partial charge on any atom is -0.337 e. The summed E-state index contributed by atoms with van der Waals surface area (Å²) in [7, 11) is 0.645. The smallest absolute Gasteiger partial charge is 0.239 e. The van der Waals surface area contributed by atoms with Gasteiger partial charge in [0.2, 0.25) is 7.41 Å². The molecule has 16 heavy (non-hydrogen) atoms. The van der Waals surface area contributed by atoms with E-state index in [1.165, 1.54) is 12.1 Å². The second-order valence-corrected chi connectivity index (χ2v) is 4.61. The molecule has 0 aliphatic rings. The van der Waals surface area contributed by atoms with Gasteiger partial charge in [-0.25, -0.2) is 8.78 Å². The first kappa shape index (κ1) is 13.2. The van der Waals surface area contributed by atoms with Crippen molar-refractivity contribution in [3.8, 4) is 0 Å². The minimum absolute atomic E-state index is 0.383. The van der Waals surface area contributed by atoms with Crippen molar-refractivity contribution in [2.24, 2.45) is 0 Å². The van der Waals surface area contributed by atoms with E-state index in [2.05, 4.69) is 32.5 Å². The van der Waals surface area contributed by atoms with E-state index >= 15 is 0 Å². The maximum Gasteiger partial charge on any atom is 0.239 e. The molecule has 0 aliphatic heterocycles. The van der Waals surface area contributed by atoms with Crippen LogP contribution >= 0.6 is 0 Å². The van der Waals surface area contributed by atoms with Crippen molar-refractivity contribution in [1.82, 2.24) is 4.81 Å². The molecule has 0 spiro atoms. The lowest BCUT2D eigenvalue weighted by Gasteiger charge is -2.30. The van der Waals surface area contributed by atoms with E-state index in [4.69, 9.17) is 0 Å². The van der Waals surface area contributed by atoms with Crippen LogP contribution in [0.3, 0.4) is 0 Å². The van der Waals surface area contributed by atoms with Crippen LogP contribution in [0, 0.1) is 11.6 Å². The Morgan fingerprint density at radius 2 is 1.56 bits per heavy atom. The zero-order chi connectivity index (χ0) is 12.3. The van der Waals surface area contributed by atoms with Crippen LogP contribution in [0.5, 0.6) is 0 Å². The lowest BCUT2D eigenvalue weighted by Crippen LogP contribution is -2.45. The predicted octanol–water partition coefficient (Wildman–Crippen LogP) is 2.06. The maximum atomic E-state index is 13.0. The Hall–Kier alpha value is -0.895. The topological polar surface area (TPSA) is 3.24 Å². The first-order valence-electron chi connectivity index (χ1n) is 5.61. The summed E-state index contributed by atoms with van der Waals surface area (Å²) in [4.78, 5) is 2.23. The van der Waals surface area contributed by atoms with Gasteiger partial charge in [-0.3, -0.25) is 0 Å². The molecule has 0 saturated carbocycles. The summed E-state index contributed by atoms with van der Waals surface area (Å²) < 4.78 is 25.8. The highest BCUT2D eigenvalue weighted by Gasteiger charge is 2.16. The van der Waals surface area contributed by atoms with E-state index in [1.807, 2.05) is 0 Å². The highest BCUT2D eigenvalue weighted by Crippen LogP contribution is 2.05. The molecule has 0 fully saturated rings. The second kappa shape index (κ2) is 5.44. The van der Waals surface area contributed by atoms with Crippen LogP contribution in [-0.2, 0) is 0 Å². The zero-order valence-electron chi connectivity index (χ0n) is 10.3. The molecule has 0 bridgehead atoms. The van der Waals surface area contributed by atoms with Crippen LogP contribution in [-0.4, -0.2) is 24.3 Å². The highest BCUT2D eigenvalue weighted by atomic mass is 19.2. The van der Waals surface area contributed by atoms with Crippen molar-refractivity contribution in [2.45, 2.75) is 39.8 Å². The standard InChI is InChI=1S/C12H18BF2N/c1-8(2)16(9(3)4)13-10-5-6-11(14)12(15)7-10/h5-9,13H,1-4H3. The molecule has 4 heteroatoms. The molecular formula is C12H18BF2N. The number of hydrogen-bond acceptors (Lipinski definition) is 1. The molecule has 0 amide bonds. The van der Waals surface area contributed by atoms with Crippen LogP contribution in [0.4, 0.5) is 8.78 Å². The number of halogens is 2. The quantitative estimate of drug-likeness (QED) is 0.709. The van der Waals surface area contributed by atoms with E-state index in [0.717, 1.165) is 5.46 Å². The summed E-state index contributed by atoms with van der Waals surface area (Å²) in [6.07, 6.45) is 0. The van der Waals surface area contributed by atoms with E-state index in [1.54, 1.807) is 6.07 Å². The first-order chi connectivity index (χ1) is 7.41. The van der Waals surface area contributed by atoms with Crippen molar-refractivity contribution in [3.63, 3.8) is 0 Å². The first-order valence-corrected chi connectivity index (χ1v) is 5.61. The molecule has 0 aromatic heterocycles.